The van der Waals surface area contributed by atoms with Crippen molar-refractivity contribution in [2.75, 3.05) is 19.8 Å². The number of hydrogen-bond donors (Lipinski definition) is 0. The largest absolute Gasteiger partial charge is 0.463 e. The molecule has 3 saturated heterocycles. The third-order valence-electron chi connectivity index (χ3n) is 7.72. The van der Waals surface area contributed by atoms with E-state index in [0.717, 1.165) is 6.42 Å². The van der Waals surface area contributed by atoms with Crippen molar-refractivity contribution >= 4 is 24.7 Å². The molecule has 1 unspecified atom stereocenters. The van der Waals surface area contributed by atoms with Gasteiger partial charge in [0.1, 0.15) is 31.0 Å². The first-order valence-corrected chi connectivity index (χ1v) is 15.7. The van der Waals surface area contributed by atoms with Crippen molar-refractivity contribution in [2.24, 2.45) is 0 Å². The zero-order valence-corrected chi connectivity index (χ0v) is 24.8. The van der Waals surface area contributed by atoms with Crippen molar-refractivity contribution < 1.29 is 33.0 Å². The normalized spacial score (nSPS) is 28.9. The van der Waals surface area contributed by atoms with Crippen molar-refractivity contribution in [2.45, 2.75) is 89.4 Å². The van der Waals surface area contributed by atoms with Gasteiger partial charge < -0.3 is 23.4 Å². The van der Waals surface area contributed by atoms with Crippen molar-refractivity contribution in [1.82, 2.24) is 5.06 Å². The molecule has 0 saturated carbocycles. The zero-order valence-electron chi connectivity index (χ0n) is 23.8. The molecule has 9 heteroatoms. The Morgan fingerprint density at radius 2 is 1.56 bits per heavy atom. The fraction of sp³-hybridized carbons (Fsp3) is 0.567. The summed E-state index contributed by atoms with van der Waals surface area (Å²) in [6.45, 7) is 13.3. The number of carbonyl (C=O) groups excluding carboxylic acids is 1. The molecule has 212 valence electrons. The highest BCUT2D eigenvalue weighted by molar-refractivity contribution is 6.99. The second-order valence-electron chi connectivity index (χ2n) is 12.1. The Hall–Kier alpha value is -2.11. The van der Waals surface area contributed by atoms with E-state index in [1.165, 1.54) is 17.3 Å². The van der Waals surface area contributed by atoms with Gasteiger partial charge in [0.2, 0.25) is 0 Å². The highest BCUT2D eigenvalue weighted by atomic mass is 28.4. The van der Waals surface area contributed by atoms with Crippen molar-refractivity contribution in [3.63, 3.8) is 0 Å². The molecule has 0 bridgehead atoms. The lowest BCUT2D eigenvalue weighted by Gasteiger charge is -2.43. The van der Waals surface area contributed by atoms with Gasteiger partial charge in [0.25, 0.3) is 8.32 Å². The van der Waals surface area contributed by atoms with Crippen LogP contribution in [0.5, 0.6) is 0 Å². The smallest absolute Gasteiger partial charge is 0.302 e. The summed E-state index contributed by atoms with van der Waals surface area (Å²) in [7, 11) is -2.75. The first-order chi connectivity index (χ1) is 18.5. The first-order valence-electron chi connectivity index (χ1n) is 13.8. The lowest BCUT2D eigenvalue weighted by Crippen LogP contribution is -2.67. The standard InChI is InChI=1S/C30H41NO7Si/c1-21(32)33-19-22-17-18-31(38-22)28-27-26(36-30(5,6)37-27)25(35-28)20-34-39(29(2,3)4,23-13-9-7-10-14-23)24-15-11-8-12-16-24/h7-16,22,25-28H,17-20H2,1-6H3/t22?,25-,26+,27+,28-/m1/s1. The highest BCUT2D eigenvalue weighted by Crippen LogP contribution is 2.42. The average Bonchev–Trinajstić information content (AvgIpc) is 3.57. The predicted molar refractivity (Wildman–Crippen MR) is 149 cm³/mol. The molecular formula is C30H41NO7Si. The van der Waals surface area contributed by atoms with Crippen LogP contribution >= 0.6 is 0 Å². The van der Waals surface area contributed by atoms with Gasteiger partial charge in [-0.05, 0) is 35.7 Å². The van der Waals surface area contributed by atoms with Gasteiger partial charge in [-0.15, -0.1) is 0 Å². The highest BCUT2D eigenvalue weighted by Gasteiger charge is 2.59. The minimum Gasteiger partial charge on any atom is -0.463 e. The number of fused-ring (bicyclic) bond motifs is 1. The van der Waals surface area contributed by atoms with Gasteiger partial charge in [0, 0.05) is 13.5 Å². The Balaban J connectivity index is 1.40. The number of hydrogen-bond acceptors (Lipinski definition) is 8. The van der Waals surface area contributed by atoms with E-state index in [-0.39, 0.29) is 42.0 Å². The fourth-order valence-corrected chi connectivity index (χ4v) is 10.6. The third-order valence-corrected chi connectivity index (χ3v) is 12.7. The summed E-state index contributed by atoms with van der Waals surface area (Å²) < 4.78 is 31.7. The summed E-state index contributed by atoms with van der Waals surface area (Å²) in [6.07, 6.45) is -0.914. The maximum absolute atomic E-state index is 11.3. The number of rotatable bonds is 8. The van der Waals surface area contributed by atoms with Crippen LogP contribution in [0.15, 0.2) is 60.7 Å². The molecule has 8 nitrogen and oxygen atoms in total. The van der Waals surface area contributed by atoms with E-state index >= 15 is 0 Å². The minimum absolute atomic E-state index is 0.151. The zero-order chi connectivity index (χ0) is 27.8. The Labute approximate surface area is 232 Å². The van der Waals surface area contributed by atoms with E-state index < -0.39 is 20.3 Å². The molecule has 0 amide bonds. The van der Waals surface area contributed by atoms with Crippen LogP contribution in [0.4, 0.5) is 0 Å². The van der Waals surface area contributed by atoms with Gasteiger partial charge in [-0.25, -0.2) is 0 Å². The van der Waals surface area contributed by atoms with E-state index in [1.54, 1.807) is 0 Å². The minimum atomic E-state index is -2.75. The number of nitrogens with zero attached hydrogens (tertiary/aromatic N) is 1. The summed E-state index contributed by atoms with van der Waals surface area (Å²) in [6, 6.07) is 21.2. The molecular weight excluding hydrogens is 514 g/mol. The van der Waals surface area contributed by atoms with Crippen LogP contribution in [0.3, 0.4) is 0 Å². The summed E-state index contributed by atoms with van der Waals surface area (Å²) in [5, 5.41) is 4.10. The Morgan fingerprint density at radius 1 is 0.974 bits per heavy atom. The molecule has 2 aromatic carbocycles. The van der Waals surface area contributed by atoms with Crippen LogP contribution in [0, 0.1) is 0 Å². The van der Waals surface area contributed by atoms with Crippen molar-refractivity contribution in [3.05, 3.63) is 60.7 Å². The Kier molecular flexibility index (Phi) is 8.05. The molecule has 3 aliphatic rings. The average molecular weight is 556 g/mol. The molecule has 3 fully saturated rings. The Bertz CT molecular complexity index is 1080. The molecule has 0 aromatic heterocycles. The quantitative estimate of drug-likeness (QED) is 0.363. The first kappa shape index (κ1) is 28.4. The van der Waals surface area contributed by atoms with Crippen LogP contribution in [0.1, 0.15) is 48.0 Å². The Morgan fingerprint density at radius 3 is 2.13 bits per heavy atom. The van der Waals surface area contributed by atoms with Gasteiger partial charge in [-0.2, -0.15) is 5.06 Å². The molecule has 5 atom stereocenters. The number of ether oxygens (including phenoxy) is 4. The van der Waals surface area contributed by atoms with E-state index in [0.29, 0.717) is 13.2 Å². The lowest BCUT2D eigenvalue weighted by atomic mass is 10.1. The summed E-state index contributed by atoms with van der Waals surface area (Å²) >= 11 is 0. The van der Waals surface area contributed by atoms with E-state index in [9.17, 15) is 4.79 Å². The predicted octanol–water partition coefficient (Wildman–Crippen LogP) is 3.38. The monoisotopic (exact) mass is 555 g/mol. The number of esters is 1. The van der Waals surface area contributed by atoms with Crippen LogP contribution in [-0.2, 0) is 33.0 Å². The molecule has 5 rings (SSSR count). The molecule has 0 N–H and O–H groups in total. The molecule has 0 aliphatic carbocycles. The number of carbonyl (C=O) groups is 1. The molecule has 0 spiro atoms. The lowest BCUT2D eigenvalue weighted by molar-refractivity contribution is -0.278. The topological polar surface area (TPSA) is 75.7 Å². The molecule has 39 heavy (non-hydrogen) atoms. The maximum Gasteiger partial charge on any atom is 0.302 e. The van der Waals surface area contributed by atoms with E-state index in [2.05, 4.69) is 69.3 Å². The fourth-order valence-electron chi connectivity index (χ4n) is 6.07. The van der Waals surface area contributed by atoms with Crippen LogP contribution in [0.25, 0.3) is 0 Å². The summed E-state index contributed by atoms with van der Waals surface area (Å²) in [4.78, 5) is 17.4. The molecule has 3 heterocycles. The SMILES string of the molecule is CC(=O)OCC1CCN([C@@H]2O[C@H](CO[Si](c3ccccc3)(c3ccccc3)C(C)(C)C)[C@@H]3OC(C)(C)O[C@@H]32)O1. The van der Waals surface area contributed by atoms with E-state index in [4.69, 9.17) is 28.2 Å². The van der Waals surface area contributed by atoms with Crippen LogP contribution in [-0.4, -0.2) is 75.5 Å². The number of hydroxylamine groups is 2. The second kappa shape index (κ2) is 11.0. The maximum atomic E-state index is 11.3. The summed E-state index contributed by atoms with van der Waals surface area (Å²) in [5.74, 6) is -1.06. The number of benzene rings is 2. The molecule has 2 aromatic rings. The van der Waals surface area contributed by atoms with Gasteiger partial charge >= 0.3 is 5.97 Å². The third kappa shape index (κ3) is 5.72. The van der Waals surface area contributed by atoms with Crippen LogP contribution in [0.2, 0.25) is 5.04 Å². The second-order valence-corrected chi connectivity index (χ2v) is 16.4. The van der Waals surface area contributed by atoms with Gasteiger partial charge in [0.15, 0.2) is 12.0 Å². The van der Waals surface area contributed by atoms with E-state index in [1.807, 2.05) is 31.0 Å². The molecule has 3 aliphatic heterocycles. The van der Waals surface area contributed by atoms with Crippen molar-refractivity contribution in [1.29, 1.82) is 0 Å². The van der Waals surface area contributed by atoms with Gasteiger partial charge in [-0.1, -0.05) is 81.4 Å². The van der Waals surface area contributed by atoms with Gasteiger partial charge in [-0.3, -0.25) is 9.63 Å². The molecule has 0 radical (unpaired) electrons. The van der Waals surface area contributed by atoms with Crippen molar-refractivity contribution in [3.8, 4) is 0 Å². The summed E-state index contributed by atoms with van der Waals surface area (Å²) in [5.41, 5.74) is 0. The van der Waals surface area contributed by atoms with Gasteiger partial charge in [0.05, 0.1) is 6.61 Å². The van der Waals surface area contributed by atoms with Crippen LogP contribution < -0.4 is 10.4 Å².